The second kappa shape index (κ2) is 11.0. The number of para-hydroxylation sites is 2. The molecule has 174 valence electrons. The number of hydrogen-bond donors (Lipinski definition) is 1. The topological polar surface area (TPSA) is 95.7 Å². The minimum atomic E-state index is -0.188. The monoisotopic (exact) mass is 459 g/mol. The van der Waals surface area contributed by atoms with E-state index < -0.39 is 0 Å². The van der Waals surface area contributed by atoms with Crippen molar-refractivity contribution in [1.82, 2.24) is 10.1 Å². The van der Waals surface area contributed by atoms with E-state index in [1.165, 1.54) is 0 Å². The molecule has 3 aromatic carbocycles. The fourth-order valence-corrected chi connectivity index (χ4v) is 3.20. The zero-order valence-corrected chi connectivity index (χ0v) is 19.0. The van der Waals surface area contributed by atoms with E-state index in [-0.39, 0.29) is 12.3 Å². The zero-order chi connectivity index (χ0) is 23.8. The van der Waals surface area contributed by atoms with Gasteiger partial charge in [0.25, 0.3) is 0 Å². The Morgan fingerprint density at radius 1 is 0.941 bits per heavy atom. The highest BCUT2D eigenvalue weighted by atomic mass is 16.5. The zero-order valence-electron chi connectivity index (χ0n) is 19.0. The smallest absolute Gasteiger partial charge is 0.227 e. The van der Waals surface area contributed by atoms with E-state index in [4.69, 9.17) is 18.7 Å². The van der Waals surface area contributed by atoms with Gasteiger partial charge in [-0.1, -0.05) is 17.3 Å². The molecule has 0 saturated carbocycles. The van der Waals surface area contributed by atoms with E-state index in [1.54, 1.807) is 19.2 Å². The Kier molecular flexibility index (Phi) is 7.39. The molecule has 0 spiro atoms. The van der Waals surface area contributed by atoms with Crippen molar-refractivity contribution >= 4 is 11.6 Å². The summed E-state index contributed by atoms with van der Waals surface area (Å²) in [5.41, 5.74) is 1.38. The molecule has 0 saturated heterocycles. The highest BCUT2D eigenvalue weighted by molar-refractivity contribution is 5.92. The second-order valence-corrected chi connectivity index (χ2v) is 7.29. The number of amides is 1. The predicted octanol–water partition coefficient (Wildman–Crippen LogP) is 5.51. The normalized spacial score (nSPS) is 10.5. The van der Waals surface area contributed by atoms with E-state index in [2.05, 4.69) is 15.5 Å². The first-order valence-electron chi connectivity index (χ1n) is 10.9. The first kappa shape index (κ1) is 22.8. The standard InChI is InChI=1S/C26H25N3O5/c1-3-32-20-12-14-21(15-13-20)33-23-7-5-4-6-22(23)27-24(30)16-17-25-28-26(29-34-25)18-8-10-19(31-2)11-9-18/h4-15H,3,16-17H2,1-2H3,(H,27,30). The Labute approximate surface area is 197 Å². The maximum atomic E-state index is 12.6. The van der Waals surface area contributed by atoms with Gasteiger partial charge in [0, 0.05) is 18.4 Å². The van der Waals surface area contributed by atoms with Crippen molar-refractivity contribution in [2.75, 3.05) is 19.0 Å². The Balaban J connectivity index is 1.34. The summed E-state index contributed by atoms with van der Waals surface area (Å²) in [5, 5.41) is 6.89. The largest absolute Gasteiger partial charge is 0.497 e. The van der Waals surface area contributed by atoms with Crippen LogP contribution in [0.1, 0.15) is 19.2 Å². The number of aromatic nitrogens is 2. The average Bonchev–Trinajstić information content (AvgIpc) is 3.34. The van der Waals surface area contributed by atoms with Gasteiger partial charge in [0.05, 0.1) is 19.4 Å². The number of aryl methyl sites for hydroxylation is 1. The van der Waals surface area contributed by atoms with Gasteiger partial charge in [-0.05, 0) is 67.6 Å². The third kappa shape index (κ3) is 5.92. The van der Waals surface area contributed by atoms with Gasteiger partial charge in [-0.15, -0.1) is 0 Å². The van der Waals surface area contributed by atoms with Crippen molar-refractivity contribution in [2.24, 2.45) is 0 Å². The van der Waals surface area contributed by atoms with Crippen molar-refractivity contribution in [3.05, 3.63) is 78.7 Å². The highest BCUT2D eigenvalue weighted by Gasteiger charge is 2.13. The maximum absolute atomic E-state index is 12.6. The lowest BCUT2D eigenvalue weighted by atomic mass is 10.2. The Morgan fingerprint density at radius 3 is 2.38 bits per heavy atom. The van der Waals surface area contributed by atoms with Crippen LogP contribution in [-0.4, -0.2) is 29.8 Å². The summed E-state index contributed by atoms with van der Waals surface area (Å²) in [5.74, 6) is 3.36. The Morgan fingerprint density at radius 2 is 1.65 bits per heavy atom. The first-order valence-corrected chi connectivity index (χ1v) is 10.9. The molecule has 0 aliphatic rings. The van der Waals surface area contributed by atoms with Gasteiger partial charge in [-0.2, -0.15) is 4.98 Å². The molecule has 34 heavy (non-hydrogen) atoms. The molecule has 8 heteroatoms. The molecule has 1 amide bonds. The van der Waals surface area contributed by atoms with Crippen LogP contribution in [0.2, 0.25) is 0 Å². The number of rotatable bonds is 10. The highest BCUT2D eigenvalue weighted by Crippen LogP contribution is 2.30. The molecule has 0 radical (unpaired) electrons. The van der Waals surface area contributed by atoms with Crippen molar-refractivity contribution in [2.45, 2.75) is 19.8 Å². The third-order valence-corrected chi connectivity index (χ3v) is 4.91. The molecule has 1 heterocycles. The summed E-state index contributed by atoms with van der Waals surface area (Å²) in [4.78, 5) is 16.9. The van der Waals surface area contributed by atoms with Crippen LogP contribution in [0.3, 0.4) is 0 Å². The number of carbonyl (C=O) groups is 1. The SMILES string of the molecule is CCOc1ccc(Oc2ccccc2NC(=O)CCc2nc(-c3ccc(OC)cc3)no2)cc1. The first-order chi connectivity index (χ1) is 16.6. The van der Waals surface area contributed by atoms with Crippen molar-refractivity contribution < 1.29 is 23.5 Å². The Bertz CT molecular complexity index is 1220. The fraction of sp³-hybridized carbons (Fsp3) is 0.192. The molecule has 1 aromatic heterocycles. The van der Waals surface area contributed by atoms with E-state index >= 15 is 0 Å². The van der Waals surface area contributed by atoms with Crippen LogP contribution in [0.25, 0.3) is 11.4 Å². The number of methoxy groups -OCH3 is 1. The second-order valence-electron chi connectivity index (χ2n) is 7.29. The van der Waals surface area contributed by atoms with Crippen molar-refractivity contribution in [3.8, 4) is 34.4 Å². The van der Waals surface area contributed by atoms with Crippen LogP contribution >= 0.6 is 0 Å². The number of hydrogen-bond acceptors (Lipinski definition) is 7. The van der Waals surface area contributed by atoms with Gasteiger partial charge in [0.2, 0.25) is 17.6 Å². The number of anilines is 1. The van der Waals surface area contributed by atoms with Gasteiger partial charge in [-0.3, -0.25) is 4.79 Å². The minimum absolute atomic E-state index is 0.182. The van der Waals surface area contributed by atoms with Crippen LogP contribution in [-0.2, 0) is 11.2 Å². The number of carbonyl (C=O) groups excluding carboxylic acids is 1. The van der Waals surface area contributed by atoms with E-state index in [0.717, 1.165) is 17.1 Å². The van der Waals surface area contributed by atoms with E-state index in [1.807, 2.05) is 67.6 Å². The van der Waals surface area contributed by atoms with Crippen molar-refractivity contribution in [3.63, 3.8) is 0 Å². The molecule has 0 unspecified atom stereocenters. The van der Waals surface area contributed by atoms with E-state index in [9.17, 15) is 4.79 Å². The molecule has 1 N–H and O–H groups in total. The average molecular weight is 460 g/mol. The molecule has 8 nitrogen and oxygen atoms in total. The summed E-state index contributed by atoms with van der Waals surface area (Å²) < 4.78 is 21.9. The van der Waals surface area contributed by atoms with Gasteiger partial charge in [-0.25, -0.2) is 0 Å². The summed E-state index contributed by atoms with van der Waals surface area (Å²) in [6.45, 7) is 2.53. The predicted molar refractivity (Wildman–Crippen MR) is 127 cm³/mol. The fourth-order valence-electron chi connectivity index (χ4n) is 3.20. The molecule has 0 atom stereocenters. The van der Waals surface area contributed by atoms with Crippen LogP contribution in [0.4, 0.5) is 5.69 Å². The molecule has 4 aromatic rings. The number of benzene rings is 3. The lowest BCUT2D eigenvalue weighted by Crippen LogP contribution is -2.13. The molecule has 0 fully saturated rings. The quantitative estimate of drug-likeness (QED) is 0.334. The van der Waals surface area contributed by atoms with Gasteiger partial charge in [0.15, 0.2) is 5.75 Å². The van der Waals surface area contributed by atoms with Crippen LogP contribution < -0.4 is 19.5 Å². The van der Waals surface area contributed by atoms with Crippen LogP contribution in [0.5, 0.6) is 23.0 Å². The summed E-state index contributed by atoms with van der Waals surface area (Å²) in [6.07, 6.45) is 0.499. The van der Waals surface area contributed by atoms with Gasteiger partial charge in [0.1, 0.15) is 17.2 Å². The van der Waals surface area contributed by atoms with Crippen molar-refractivity contribution in [1.29, 1.82) is 0 Å². The van der Waals surface area contributed by atoms with E-state index in [0.29, 0.717) is 41.9 Å². The lowest BCUT2D eigenvalue weighted by molar-refractivity contribution is -0.116. The van der Waals surface area contributed by atoms with Gasteiger partial charge >= 0.3 is 0 Å². The summed E-state index contributed by atoms with van der Waals surface area (Å²) >= 11 is 0. The number of nitrogens with zero attached hydrogens (tertiary/aromatic N) is 2. The molecular formula is C26H25N3O5. The molecule has 4 rings (SSSR count). The molecule has 0 aliphatic heterocycles. The lowest BCUT2D eigenvalue weighted by Gasteiger charge is -2.12. The Hall–Kier alpha value is -4.33. The minimum Gasteiger partial charge on any atom is -0.497 e. The third-order valence-electron chi connectivity index (χ3n) is 4.91. The van der Waals surface area contributed by atoms with Crippen LogP contribution in [0.15, 0.2) is 77.3 Å². The summed E-state index contributed by atoms with van der Waals surface area (Å²) in [6, 6.07) is 21.9. The van der Waals surface area contributed by atoms with Gasteiger partial charge < -0.3 is 24.1 Å². The van der Waals surface area contributed by atoms with Crippen LogP contribution in [0, 0.1) is 0 Å². The summed E-state index contributed by atoms with van der Waals surface area (Å²) in [7, 11) is 1.61. The maximum Gasteiger partial charge on any atom is 0.227 e. The number of ether oxygens (including phenoxy) is 3. The molecular weight excluding hydrogens is 434 g/mol. The molecule has 0 aliphatic carbocycles. The molecule has 0 bridgehead atoms. The number of nitrogens with one attached hydrogen (secondary N) is 1.